The third kappa shape index (κ3) is 3.55. The second-order valence-electron chi connectivity index (χ2n) is 4.17. The molecule has 0 fully saturated rings. The molecule has 6 heteroatoms. The van der Waals surface area contributed by atoms with Gasteiger partial charge in [-0.25, -0.2) is 0 Å². The summed E-state index contributed by atoms with van der Waals surface area (Å²) in [6, 6.07) is 8.97. The fraction of sp³-hybridized carbons (Fsp3) is 0.143. The molecule has 0 saturated heterocycles. The molecule has 0 amide bonds. The predicted octanol–water partition coefficient (Wildman–Crippen LogP) is 6.33. The summed E-state index contributed by atoms with van der Waals surface area (Å²) in [5.74, 6) is 0.105. The van der Waals surface area contributed by atoms with Gasteiger partial charge in [-0.05, 0) is 58.7 Å². The zero-order chi connectivity index (χ0) is 14.9. The maximum atomic E-state index is 13.0. The molecule has 20 heavy (non-hydrogen) atoms. The number of ether oxygens (including phenoxy) is 1. The number of aryl methyl sites for hydroxylation is 1. The fourth-order valence-corrected chi connectivity index (χ4v) is 2.56. The molecule has 0 heterocycles. The van der Waals surface area contributed by atoms with Crippen LogP contribution < -0.4 is 4.74 Å². The highest BCUT2D eigenvalue weighted by molar-refractivity contribution is 9.10. The third-order valence-electron chi connectivity index (χ3n) is 2.55. The van der Waals surface area contributed by atoms with Crippen LogP contribution >= 0.6 is 31.9 Å². The van der Waals surface area contributed by atoms with Gasteiger partial charge in [0.15, 0.2) is 0 Å². The van der Waals surface area contributed by atoms with E-state index in [1.165, 1.54) is 12.1 Å². The lowest BCUT2D eigenvalue weighted by atomic mass is 10.2. The summed E-state index contributed by atoms with van der Waals surface area (Å²) in [7, 11) is 0. The Hall–Kier alpha value is -1.01. The van der Waals surface area contributed by atoms with Crippen molar-refractivity contribution in [1.29, 1.82) is 0 Å². The van der Waals surface area contributed by atoms with Crippen LogP contribution in [-0.2, 0) is 6.18 Å². The molecule has 0 radical (unpaired) electrons. The van der Waals surface area contributed by atoms with E-state index < -0.39 is 11.7 Å². The summed E-state index contributed by atoms with van der Waals surface area (Å²) >= 11 is 6.31. The SMILES string of the molecule is Cc1ccc(Oc2ccc(Br)cc2C(F)(F)F)c(Br)c1. The maximum Gasteiger partial charge on any atom is 0.420 e. The van der Waals surface area contributed by atoms with E-state index in [0.29, 0.717) is 14.7 Å². The van der Waals surface area contributed by atoms with Crippen LogP contribution in [0.15, 0.2) is 45.3 Å². The van der Waals surface area contributed by atoms with Crippen molar-refractivity contribution in [2.45, 2.75) is 13.1 Å². The Balaban J connectivity index is 2.43. The standard InChI is InChI=1S/C14H9Br2F3O/c1-8-2-4-13(11(16)6-8)20-12-5-3-9(15)7-10(12)14(17,18)19/h2-7H,1H3. The number of benzene rings is 2. The van der Waals surface area contributed by atoms with E-state index in [1.807, 2.05) is 6.92 Å². The number of hydrogen-bond acceptors (Lipinski definition) is 1. The number of rotatable bonds is 2. The van der Waals surface area contributed by atoms with Crippen LogP contribution in [0, 0.1) is 6.92 Å². The molecule has 2 aromatic carbocycles. The van der Waals surface area contributed by atoms with E-state index in [1.54, 1.807) is 18.2 Å². The van der Waals surface area contributed by atoms with Crippen LogP contribution in [0.5, 0.6) is 11.5 Å². The average Bonchev–Trinajstić information content (AvgIpc) is 2.33. The largest absolute Gasteiger partial charge is 0.456 e. The van der Waals surface area contributed by atoms with Gasteiger partial charge in [0.1, 0.15) is 11.5 Å². The first-order valence-electron chi connectivity index (χ1n) is 5.58. The Bertz CT molecular complexity index is 639. The lowest BCUT2D eigenvalue weighted by Crippen LogP contribution is -2.07. The van der Waals surface area contributed by atoms with E-state index in [2.05, 4.69) is 31.9 Å². The molecule has 0 N–H and O–H groups in total. The van der Waals surface area contributed by atoms with Gasteiger partial charge in [0.25, 0.3) is 0 Å². The van der Waals surface area contributed by atoms with Gasteiger partial charge in [-0.3, -0.25) is 0 Å². The summed E-state index contributed by atoms with van der Waals surface area (Å²) in [5.41, 5.74) is 0.162. The summed E-state index contributed by atoms with van der Waals surface area (Å²) in [4.78, 5) is 0. The Labute approximate surface area is 131 Å². The molecule has 1 nitrogen and oxygen atoms in total. The van der Waals surface area contributed by atoms with Gasteiger partial charge < -0.3 is 4.74 Å². The summed E-state index contributed by atoms with van der Waals surface area (Å²) in [5, 5.41) is 0. The van der Waals surface area contributed by atoms with Crippen molar-refractivity contribution in [3.05, 3.63) is 56.5 Å². The van der Waals surface area contributed by atoms with Gasteiger partial charge >= 0.3 is 6.18 Å². The Morgan fingerprint density at radius 2 is 1.60 bits per heavy atom. The van der Waals surface area contributed by atoms with Gasteiger partial charge in [-0.15, -0.1) is 0 Å². The molecule has 0 aliphatic heterocycles. The molecule has 0 spiro atoms. The average molecular weight is 410 g/mol. The zero-order valence-electron chi connectivity index (χ0n) is 10.3. The zero-order valence-corrected chi connectivity index (χ0v) is 13.4. The highest BCUT2D eigenvalue weighted by atomic mass is 79.9. The molecule has 0 aliphatic carbocycles. The highest BCUT2D eigenvalue weighted by Gasteiger charge is 2.34. The van der Waals surface area contributed by atoms with Crippen LogP contribution in [0.2, 0.25) is 0 Å². The summed E-state index contributed by atoms with van der Waals surface area (Å²) in [6.07, 6.45) is -4.48. The van der Waals surface area contributed by atoms with E-state index in [0.717, 1.165) is 11.6 Å². The van der Waals surface area contributed by atoms with Crippen molar-refractivity contribution < 1.29 is 17.9 Å². The van der Waals surface area contributed by atoms with Crippen molar-refractivity contribution in [2.75, 3.05) is 0 Å². The normalized spacial score (nSPS) is 11.5. The van der Waals surface area contributed by atoms with E-state index in [4.69, 9.17) is 4.74 Å². The number of hydrogen-bond donors (Lipinski definition) is 0. The fourth-order valence-electron chi connectivity index (χ4n) is 1.62. The Morgan fingerprint density at radius 3 is 2.20 bits per heavy atom. The Kier molecular flexibility index (Phi) is 4.44. The lowest BCUT2D eigenvalue weighted by molar-refractivity contribution is -0.138. The molecule has 0 atom stereocenters. The molecular weight excluding hydrogens is 401 g/mol. The predicted molar refractivity (Wildman–Crippen MR) is 78.1 cm³/mol. The third-order valence-corrected chi connectivity index (χ3v) is 3.67. The van der Waals surface area contributed by atoms with Gasteiger partial charge in [-0.2, -0.15) is 13.2 Å². The van der Waals surface area contributed by atoms with Crippen LogP contribution in [0.25, 0.3) is 0 Å². The van der Waals surface area contributed by atoms with Crippen LogP contribution in [0.3, 0.4) is 0 Å². The topological polar surface area (TPSA) is 9.23 Å². The first-order chi connectivity index (χ1) is 9.27. The Morgan fingerprint density at radius 1 is 0.950 bits per heavy atom. The monoisotopic (exact) mass is 408 g/mol. The number of halogens is 5. The lowest BCUT2D eigenvalue weighted by Gasteiger charge is -2.15. The summed E-state index contributed by atoms with van der Waals surface area (Å²) in [6.45, 7) is 1.88. The molecule has 0 aliphatic rings. The summed E-state index contributed by atoms with van der Waals surface area (Å²) < 4.78 is 45.3. The van der Waals surface area contributed by atoms with Crippen molar-refractivity contribution in [3.8, 4) is 11.5 Å². The molecule has 106 valence electrons. The van der Waals surface area contributed by atoms with Crippen LogP contribution in [0.4, 0.5) is 13.2 Å². The molecule has 0 saturated carbocycles. The molecular formula is C14H9Br2F3O. The quantitative estimate of drug-likeness (QED) is 0.563. The first-order valence-corrected chi connectivity index (χ1v) is 7.17. The van der Waals surface area contributed by atoms with Gasteiger partial charge in [0.2, 0.25) is 0 Å². The highest BCUT2D eigenvalue weighted by Crippen LogP contribution is 2.40. The van der Waals surface area contributed by atoms with Crippen LogP contribution in [0.1, 0.15) is 11.1 Å². The van der Waals surface area contributed by atoms with Crippen molar-refractivity contribution in [3.63, 3.8) is 0 Å². The second kappa shape index (κ2) is 5.77. The van der Waals surface area contributed by atoms with E-state index in [9.17, 15) is 13.2 Å². The first kappa shape index (κ1) is 15.4. The minimum absolute atomic E-state index is 0.231. The maximum absolute atomic E-state index is 13.0. The smallest absolute Gasteiger partial charge is 0.420 e. The minimum Gasteiger partial charge on any atom is -0.456 e. The molecule has 0 bridgehead atoms. The van der Waals surface area contributed by atoms with Crippen molar-refractivity contribution in [1.82, 2.24) is 0 Å². The van der Waals surface area contributed by atoms with Crippen molar-refractivity contribution >= 4 is 31.9 Å². The van der Waals surface area contributed by atoms with Gasteiger partial charge in [0.05, 0.1) is 10.0 Å². The molecule has 2 aromatic rings. The second-order valence-corrected chi connectivity index (χ2v) is 5.94. The van der Waals surface area contributed by atoms with Gasteiger partial charge in [0, 0.05) is 4.47 Å². The van der Waals surface area contributed by atoms with E-state index in [-0.39, 0.29) is 5.75 Å². The van der Waals surface area contributed by atoms with Gasteiger partial charge in [-0.1, -0.05) is 22.0 Å². The van der Waals surface area contributed by atoms with Crippen molar-refractivity contribution in [2.24, 2.45) is 0 Å². The van der Waals surface area contributed by atoms with E-state index >= 15 is 0 Å². The molecule has 0 unspecified atom stereocenters. The van der Waals surface area contributed by atoms with Crippen LogP contribution in [-0.4, -0.2) is 0 Å². The number of alkyl halides is 3. The molecule has 2 rings (SSSR count). The molecule has 0 aromatic heterocycles. The minimum atomic E-state index is -4.48.